The van der Waals surface area contributed by atoms with Crippen LogP contribution in [-0.4, -0.2) is 30.6 Å². The molecule has 0 aromatic heterocycles. The number of carbonyl (C=O) groups excluding carboxylic acids is 1. The summed E-state index contributed by atoms with van der Waals surface area (Å²) in [6, 6.07) is 7.98. The van der Waals surface area contributed by atoms with Crippen LogP contribution in [0.2, 0.25) is 0 Å². The number of halogens is 2. The van der Waals surface area contributed by atoms with Gasteiger partial charge in [0, 0.05) is 18.5 Å². The number of nitrogens with one attached hydrogen (secondary N) is 1. The second-order valence-corrected chi connectivity index (χ2v) is 6.49. The van der Waals surface area contributed by atoms with Crippen LogP contribution in [0.25, 0.3) is 0 Å². The molecule has 27 heavy (non-hydrogen) atoms. The molecule has 2 aromatic rings. The van der Waals surface area contributed by atoms with Crippen molar-refractivity contribution in [2.24, 2.45) is 5.92 Å². The molecule has 0 bridgehead atoms. The molecule has 0 spiro atoms. The molecule has 5 nitrogen and oxygen atoms in total. The Morgan fingerprint density at radius 1 is 1.22 bits per heavy atom. The average Bonchev–Trinajstić information content (AvgIpc) is 3.42. The van der Waals surface area contributed by atoms with Gasteiger partial charge in [-0.25, -0.2) is 13.6 Å². The zero-order chi connectivity index (χ0) is 19.6. The van der Waals surface area contributed by atoms with Gasteiger partial charge in [0.25, 0.3) is 0 Å². The zero-order valence-electron chi connectivity index (χ0n) is 14.7. The Morgan fingerprint density at radius 2 is 2.00 bits per heavy atom. The predicted molar refractivity (Wildman–Crippen MR) is 93.9 cm³/mol. The Balaban J connectivity index is 1.54. The molecule has 0 saturated heterocycles. The quantitative estimate of drug-likeness (QED) is 0.780. The molecule has 0 radical (unpaired) electrons. The smallest absolute Gasteiger partial charge is 0.335 e. The summed E-state index contributed by atoms with van der Waals surface area (Å²) >= 11 is 0. The summed E-state index contributed by atoms with van der Waals surface area (Å²) in [4.78, 5) is 23.2. The fraction of sp³-hybridized carbons (Fsp3) is 0.300. The van der Waals surface area contributed by atoms with Crippen molar-refractivity contribution in [1.82, 2.24) is 5.32 Å². The number of carbonyl (C=O) groups is 2. The van der Waals surface area contributed by atoms with E-state index in [2.05, 4.69) is 5.32 Å². The van der Waals surface area contributed by atoms with Gasteiger partial charge in [-0.05, 0) is 48.1 Å². The molecule has 2 atom stereocenters. The number of amides is 1. The van der Waals surface area contributed by atoms with E-state index in [1.54, 1.807) is 6.07 Å². The standard InChI is InChI=1S/C20H19F2NO4/c1-27-18-8-12(20(25)26)3-2-11(18)6-7-23-19(24)16-10-15(16)14-5-4-13(21)9-17(14)22/h2-5,8-9,15-16H,6-7,10H2,1H3,(H,23,24)(H,25,26). The van der Waals surface area contributed by atoms with Crippen LogP contribution < -0.4 is 10.1 Å². The van der Waals surface area contributed by atoms with Crippen molar-refractivity contribution in [3.8, 4) is 5.75 Å². The van der Waals surface area contributed by atoms with Gasteiger partial charge >= 0.3 is 5.97 Å². The van der Waals surface area contributed by atoms with Crippen LogP contribution in [0, 0.1) is 17.6 Å². The minimum atomic E-state index is -1.04. The minimum absolute atomic E-state index is 0.127. The summed E-state index contributed by atoms with van der Waals surface area (Å²) in [7, 11) is 1.45. The van der Waals surface area contributed by atoms with Crippen molar-refractivity contribution in [2.75, 3.05) is 13.7 Å². The number of benzene rings is 2. The third kappa shape index (κ3) is 4.24. The van der Waals surface area contributed by atoms with Crippen molar-refractivity contribution >= 4 is 11.9 Å². The monoisotopic (exact) mass is 375 g/mol. The normalized spacial score (nSPS) is 18.0. The van der Waals surface area contributed by atoms with Crippen LogP contribution in [0.5, 0.6) is 5.75 Å². The van der Waals surface area contributed by atoms with Crippen LogP contribution in [0.4, 0.5) is 8.78 Å². The SMILES string of the molecule is COc1cc(C(=O)O)ccc1CCNC(=O)C1CC1c1ccc(F)cc1F. The Hall–Kier alpha value is -2.96. The molecular formula is C20H19F2NO4. The van der Waals surface area contributed by atoms with Gasteiger partial charge in [-0.15, -0.1) is 0 Å². The third-order valence-corrected chi connectivity index (χ3v) is 4.72. The lowest BCUT2D eigenvalue weighted by atomic mass is 10.1. The fourth-order valence-corrected chi connectivity index (χ4v) is 3.17. The molecule has 1 amide bonds. The van der Waals surface area contributed by atoms with Crippen molar-refractivity contribution in [3.63, 3.8) is 0 Å². The molecule has 0 aliphatic heterocycles. The molecule has 1 aliphatic rings. The fourth-order valence-electron chi connectivity index (χ4n) is 3.17. The van der Waals surface area contributed by atoms with E-state index in [-0.39, 0.29) is 23.3 Å². The largest absolute Gasteiger partial charge is 0.496 e. The van der Waals surface area contributed by atoms with E-state index in [0.717, 1.165) is 11.6 Å². The highest BCUT2D eigenvalue weighted by Crippen LogP contribution is 2.48. The van der Waals surface area contributed by atoms with Crippen molar-refractivity contribution < 1.29 is 28.2 Å². The minimum Gasteiger partial charge on any atom is -0.496 e. The van der Waals surface area contributed by atoms with Crippen LogP contribution in [0.3, 0.4) is 0 Å². The van der Waals surface area contributed by atoms with Gasteiger partial charge in [-0.1, -0.05) is 12.1 Å². The first-order valence-corrected chi connectivity index (χ1v) is 8.53. The highest BCUT2D eigenvalue weighted by atomic mass is 19.1. The lowest BCUT2D eigenvalue weighted by molar-refractivity contribution is -0.122. The van der Waals surface area contributed by atoms with Gasteiger partial charge in [0.2, 0.25) is 5.91 Å². The van der Waals surface area contributed by atoms with E-state index in [9.17, 15) is 18.4 Å². The summed E-state index contributed by atoms with van der Waals surface area (Å²) in [5.41, 5.74) is 1.27. The van der Waals surface area contributed by atoms with Crippen LogP contribution in [-0.2, 0) is 11.2 Å². The second-order valence-electron chi connectivity index (χ2n) is 6.49. The molecule has 1 fully saturated rings. The van der Waals surface area contributed by atoms with E-state index < -0.39 is 17.6 Å². The number of methoxy groups -OCH3 is 1. The van der Waals surface area contributed by atoms with Gasteiger partial charge in [0.15, 0.2) is 0 Å². The Labute approximate surface area is 155 Å². The molecule has 142 valence electrons. The molecular weight excluding hydrogens is 356 g/mol. The maximum atomic E-state index is 13.8. The van der Waals surface area contributed by atoms with E-state index >= 15 is 0 Å². The highest BCUT2D eigenvalue weighted by molar-refractivity contribution is 5.88. The molecule has 1 aliphatic carbocycles. The van der Waals surface area contributed by atoms with Crippen LogP contribution >= 0.6 is 0 Å². The summed E-state index contributed by atoms with van der Waals surface area (Å²) in [5.74, 6) is -2.58. The molecule has 7 heteroatoms. The lowest BCUT2D eigenvalue weighted by Gasteiger charge is -2.10. The highest BCUT2D eigenvalue weighted by Gasteiger charge is 2.45. The maximum Gasteiger partial charge on any atom is 0.335 e. The number of hydrogen-bond acceptors (Lipinski definition) is 3. The van der Waals surface area contributed by atoms with E-state index in [1.807, 2.05) is 0 Å². The average molecular weight is 375 g/mol. The van der Waals surface area contributed by atoms with Crippen LogP contribution in [0.15, 0.2) is 36.4 Å². The Bertz CT molecular complexity index is 884. The molecule has 3 rings (SSSR count). The number of aromatic carboxylic acids is 1. The third-order valence-electron chi connectivity index (χ3n) is 4.72. The van der Waals surface area contributed by atoms with Crippen molar-refractivity contribution in [2.45, 2.75) is 18.8 Å². The van der Waals surface area contributed by atoms with E-state index in [0.29, 0.717) is 30.7 Å². The summed E-state index contributed by atoms with van der Waals surface area (Å²) in [6.07, 6.45) is 1.00. The number of carboxylic acids is 1. The topological polar surface area (TPSA) is 75.6 Å². The van der Waals surface area contributed by atoms with Gasteiger partial charge in [-0.2, -0.15) is 0 Å². The molecule has 2 unspecified atom stereocenters. The Morgan fingerprint density at radius 3 is 2.67 bits per heavy atom. The van der Waals surface area contributed by atoms with E-state index in [4.69, 9.17) is 9.84 Å². The lowest BCUT2D eigenvalue weighted by Crippen LogP contribution is -2.27. The maximum absolute atomic E-state index is 13.8. The first kappa shape index (κ1) is 18.8. The predicted octanol–water partition coefficient (Wildman–Crippen LogP) is 3.13. The van der Waals surface area contributed by atoms with Crippen molar-refractivity contribution in [1.29, 1.82) is 0 Å². The number of rotatable bonds is 7. The molecule has 1 saturated carbocycles. The van der Waals surface area contributed by atoms with Gasteiger partial charge in [-0.3, -0.25) is 4.79 Å². The first-order valence-electron chi connectivity index (χ1n) is 8.53. The van der Waals surface area contributed by atoms with Gasteiger partial charge in [0.05, 0.1) is 12.7 Å². The summed E-state index contributed by atoms with van der Waals surface area (Å²) in [5, 5.41) is 11.8. The zero-order valence-corrected chi connectivity index (χ0v) is 14.7. The number of carboxylic acid groups (broad SMARTS) is 1. The van der Waals surface area contributed by atoms with Gasteiger partial charge < -0.3 is 15.2 Å². The van der Waals surface area contributed by atoms with Crippen molar-refractivity contribution in [3.05, 3.63) is 64.7 Å². The first-order chi connectivity index (χ1) is 12.9. The molecule has 0 heterocycles. The molecule has 2 aromatic carbocycles. The van der Waals surface area contributed by atoms with Crippen LogP contribution in [0.1, 0.15) is 33.8 Å². The number of hydrogen-bond donors (Lipinski definition) is 2. The number of ether oxygens (including phenoxy) is 1. The summed E-state index contributed by atoms with van der Waals surface area (Å²) in [6.45, 7) is 0.344. The summed E-state index contributed by atoms with van der Waals surface area (Å²) < 4.78 is 32.0. The molecule has 2 N–H and O–H groups in total. The van der Waals surface area contributed by atoms with Gasteiger partial charge in [0.1, 0.15) is 17.4 Å². The van der Waals surface area contributed by atoms with E-state index in [1.165, 1.54) is 31.4 Å². The second kappa shape index (κ2) is 7.73. The Kier molecular flexibility index (Phi) is 5.39.